The SMILES string of the molecule is COc1ccc(F)cc1[C@H](CO)OC1C[C@H]2CC[C@H](C1)O2. The maximum absolute atomic E-state index is 13.5. The maximum Gasteiger partial charge on any atom is 0.124 e. The van der Waals surface area contributed by atoms with Crippen molar-refractivity contribution in [3.63, 3.8) is 0 Å². The van der Waals surface area contributed by atoms with Gasteiger partial charge in [0, 0.05) is 5.56 Å². The van der Waals surface area contributed by atoms with Gasteiger partial charge in [0.1, 0.15) is 17.7 Å². The fourth-order valence-electron chi connectivity index (χ4n) is 3.32. The number of ether oxygens (including phenoxy) is 3. The molecule has 0 saturated carbocycles. The quantitative estimate of drug-likeness (QED) is 0.907. The second-order valence-corrected chi connectivity index (χ2v) is 5.74. The van der Waals surface area contributed by atoms with Crippen molar-refractivity contribution in [3.8, 4) is 5.75 Å². The summed E-state index contributed by atoms with van der Waals surface area (Å²) in [7, 11) is 1.53. The Morgan fingerprint density at radius 3 is 2.67 bits per heavy atom. The first kappa shape index (κ1) is 14.8. The van der Waals surface area contributed by atoms with E-state index in [-0.39, 0.29) is 30.7 Å². The molecule has 0 amide bonds. The number of benzene rings is 1. The molecule has 2 saturated heterocycles. The molecule has 0 radical (unpaired) electrons. The minimum absolute atomic E-state index is 0.0429. The number of aliphatic hydroxyl groups is 1. The van der Waals surface area contributed by atoms with E-state index in [0.717, 1.165) is 25.7 Å². The van der Waals surface area contributed by atoms with Crippen LogP contribution in [0.1, 0.15) is 37.4 Å². The van der Waals surface area contributed by atoms with E-state index < -0.39 is 6.10 Å². The highest BCUT2D eigenvalue weighted by molar-refractivity contribution is 5.36. The zero-order valence-corrected chi connectivity index (χ0v) is 12.1. The van der Waals surface area contributed by atoms with Crippen molar-refractivity contribution in [1.82, 2.24) is 0 Å². The smallest absolute Gasteiger partial charge is 0.124 e. The van der Waals surface area contributed by atoms with Crippen LogP contribution in [-0.2, 0) is 9.47 Å². The summed E-state index contributed by atoms with van der Waals surface area (Å²) in [6.07, 6.45) is 3.84. The summed E-state index contributed by atoms with van der Waals surface area (Å²) in [6.45, 7) is -0.202. The highest BCUT2D eigenvalue weighted by atomic mass is 19.1. The van der Waals surface area contributed by atoms with Gasteiger partial charge in [-0.05, 0) is 43.9 Å². The third kappa shape index (κ3) is 3.20. The van der Waals surface area contributed by atoms with Crippen LogP contribution in [0.5, 0.6) is 5.75 Å². The Morgan fingerprint density at radius 1 is 1.33 bits per heavy atom. The van der Waals surface area contributed by atoms with Gasteiger partial charge < -0.3 is 19.3 Å². The monoisotopic (exact) mass is 296 g/mol. The first-order valence-corrected chi connectivity index (χ1v) is 7.44. The van der Waals surface area contributed by atoms with E-state index in [1.54, 1.807) is 6.07 Å². The normalized spacial score (nSPS) is 29.4. The van der Waals surface area contributed by atoms with Gasteiger partial charge in [-0.1, -0.05) is 0 Å². The van der Waals surface area contributed by atoms with Crippen molar-refractivity contribution in [1.29, 1.82) is 0 Å². The molecule has 2 bridgehead atoms. The summed E-state index contributed by atoms with van der Waals surface area (Å²) in [5, 5.41) is 9.63. The zero-order chi connectivity index (χ0) is 14.8. The summed E-state index contributed by atoms with van der Waals surface area (Å²) in [5.41, 5.74) is 0.554. The van der Waals surface area contributed by atoms with Crippen molar-refractivity contribution in [2.75, 3.05) is 13.7 Å². The molecule has 5 heteroatoms. The van der Waals surface area contributed by atoms with Crippen molar-refractivity contribution in [3.05, 3.63) is 29.6 Å². The lowest BCUT2D eigenvalue weighted by atomic mass is 10.0. The molecule has 3 atom stereocenters. The Morgan fingerprint density at radius 2 is 2.05 bits per heavy atom. The predicted molar refractivity (Wildman–Crippen MR) is 74.8 cm³/mol. The molecule has 2 aliphatic heterocycles. The number of fused-ring (bicyclic) bond motifs is 2. The summed E-state index contributed by atoms with van der Waals surface area (Å²) in [5.74, 6) is 0.172. The van der Waals surface area contributed by atoms with Crippen molar-refractivity contribution >= 4 is 0 Å². The molecule has 3 rings (SSSR count). The third-order valence-corrected chi connectivity index (χ3v) is 4.31. The standard InChI is InChI=1S/C16H21FO4/c1-19-15-5-2-10(17)6-14(15)16(9-18)21-13-7-11-3-4-12(8-13)20-11/h2,5-6,11-13,16,18H,3-4,7-9H2,1H3/t11-,12-,16+/m1/s1. The Kier molecular flexibility index (Phi) is 4.42. The minimum Gasteiger partial charge on any atom is -0.496 e. The molecule has 2 heterocycles. The molecule has 2 aliphatic rings. The van der Waals surface area contributed by atoms with E-state index in [0.29, 0.717) is 11.3 Å². The molecule has 2 fully saturated rings. The fraction of sp³-hybridized carbons (Fsp3) is 0.625. The lowest BCUT2D eigenvalue weighted by molar-refractivity contribution is -0.115. The van der Waals surface area contributed by atoms with Crippen LogP contribution in [0, 0.1) is 5.82 Å². The number of rotatable bonds is 5. The minimum atomic E-state index is -0.571. The highest BCUT2D eigenvalue weighted by Gasteiger charge is 2.36. The largest absolute Gasteiger partial charge is 0.496 e. The Labute approximate surface area is 123 Å². The van der Waals surface area contributed by atoms with Crippen LogP contribution in [-0.4, -0.2) is 37.1 Å². The third-order valence-electron chi connectivity index (χ3n) is 4.31. The molecule has 1 aromatic carbocycles. The Hall–Kier alpha value is -1.17. The topological polar surface area (TPSA) is 47.9 Å². The second-order valence-electron chi connectivity index (χ2n) is 5.74. The van der Waals surface area contributed by atoms with Gasteiger partial charge in [0.05, 0.1) is 32.0 Å². The van der Waals surface area contributed by atoms with Crippen LogP contribution in [0.15, 0.2) is 18.2 Å². The van der Waals surface area contributed by atoms with Crippen LogP contribution in [0.25, 0.3) is 0 Å². The number of hydrogen-bond donors (Lipinski definition) is 1. The fourth-order valence-corrected chi connectivity index (χ4v) is 3.32. The lowest BCUT2D eigenvalue weighted by Crippen LogP contribution is -2.32. The molecule has 0 aromatic heterocycles. The zero-order valence-electron chi connectivity index (χ0n) is 12.1. The molecular formula is C16H21FO4. The van der Waals surface area contributed by atoms with E-state index in [2.05, 4.69) is 0 Å². The van der Waals surface area contributed by atoms with Gasteiger partial charge in [-0.2, -0.15) is 0 Å². The molecule has 0 spiro atoms. The van der Waals surface area contributed by atoms with Gasteiger partial charge in [-0.3, -0.25) is 0 Å². The van der Waals surface area contributed by atoms with Crippen LogP contribution in [0.2, 0.25) is 0 Å². The molecule has 1 aromatic rings. The first-order chi connectivity index (χ1) is 10.2. The summed E-state index contributed by atoms with van der Waals surface area (Å²) < 4.78 is 30.5. The Balaban J connectivity index is 1.74. The molecule has 116 valence electrons. The average molecular weight is 296 g/mol. The van der Waals surface area contributed by atoms with Gasteiger partial charge in [-0.25, -0.2) is 4.39 Å². The van der Waals surface area contributed by atoms with Gasteiger partial charge in [0.2, 0.25) is 0 Å². The van der Waals surface area contributed by atoms with E-state index >= 15 is 0 Å². The Bertz CT molecular complexity index is 481. The number of methoxy groups -OCH3 is 1. The summed E-state index contributed by atoms with van der Waals surface area (Å²) >= 11 is 0. The number of aliphatic hydroxyl groups excluding tert-OH is 1. The maximum atomic E-state index is 13.5. The molecule has 21 heavy (non-hydrogen) atoms. The van der Waals surface area contributed by atoms with Gasteiger partial charge in [-0.15, -0.1) is 0 Å². The first-order valence-electron chi connectivity index (χ1n) is 7.44. The van der Waals surface area contributed by atoms with Crippen molar-refractivity contribution in [2.45, 2.75) is 50.1 Å². The van der Waals surface area contributed by atoms with E-state index in [1.807, 2.05) is 0 Å². The summed E-state index contributed by atoms with van der Waals surface area (Å²) in [6, 6.07) is 4.27. The predicted octanol–water partition coefficient (Wildman–Crippen LogP) is 2.59. The van der Waals surface area contributed by atoms with Crippen LogP contribution in [0.4, 0.5) is 4.39 Å². The lowest BCUT2D eigenvalue weighted by Gasteiger charge is -2.31. The van der Waals surface area contributed by atoms with Crippen molar-refractivity contribution < 1.29 is 23.7 Å². The van der Waals surface area contributed by atoms with Gasteiger partial charge in [0.15, 0.2) is 0 Å². The van der Waals surface area contributed by atoms with E-state index in [4.69, 9.17) is 14.2 Å². The highest BCUT2D eigenvalue weighted by Crippen LogP contribution is 2.37. The molecular weight excluding hydrogens is 275 g/mol. The molecule has 0 unspecified atom stereocenters. The second kappa shape index (κ2) is 6.30. The van der Waals surface area contributed by atoms with E-state index in [9.17, 15) is 9.50 Å². The summed E-state index contributed by atoms with van der Waals surface area (Å²) in [4.78, 5) is 0. The van der Waals surface area contributed by atoms with Crippen LogP contribution >= 0.6 is 0 Å². The van der Waals surface area contributed by atoms with Crippen LogP contribution < -0.4 is 4.74 Å². The van der Waals surface area contributed by atoms with Crippen molar-refractivity contribution in [2.24, 2.45) is 0 Å². The molecule has 1 N–H and O–H groups in total. The number of hydrogen-bond acceptors (Lipinski definition) is 4. The van der Waals surface area contributed by atoms with Gasteiger partial charge >= 0.3 is 0 Å². The molecule has 4 nitrogen and oxygen atoms in total. The molecule has 0 aliphatic carbocycles. The van der Waals surface area contributed by atoms with E-state index in [1.165, 1.54) is 19.2 Å². The van der Waals surface area contributed by atoms with Crippen LogP contribution in [0.3, 0.4) is 0 Å². The average Bonchev–Trinajstić information content (AvgIpc) is 2.83. The van der Waals surface area contributed by atoms with Gasteiger partial charge in [0.25, 0.3) is 0 Å². The number of halogens is 1.